The Kier molecular flexibility index (Phi) is 8.32. The van der Waals surface area contributed by atoms with Gasteiger partial charge in [0.1, 0.15) is 0 Å². The number of nitrogens with two attached hydrogens (primary N) is 1. The lowest BCUT2D eigenvalue weighted by atomic mass is 10.1. The van der Waals surface area contributed by atoms with Crippen LogP contribution in [0.2, 0.25) is 0 Å². The van der Waals surface area contributed by atoms with Crippen molar-refractivity contribution < 1.29 is 19.4 Å². The maximum Gasteiger partial charge on any atom is 0.359 e. The van der Waals surface area contributed by atoms with Crippen molar-refractivity contribution in [1.82, 2.24) is 5.32 Å². The molecule has 0 aromatic heterocycles. The van der Waals surface area contributed by atoms with Crippen LogP contribution in [0.15, 0.2) is 0 Å². The molecular formula is C12H24N2O4. The second-order valence-electron chi connectivity index (χ2n) is 4.21. The molecule has 0 aliphatic rings. The van der Waals surface area contributed by atoms with Crippen LogP contribution in [0, 0.1) is 0 Å². The van der Waals surface area contributed by atoms with E-state index in [-0.39, 0.29) is 19.6 Å². The number of aliphatic hydroxyl groups is 1. The van der Waals surface area contributed by atoms with Crippen molar-refractivity contribution >= 4 is 11.9 Å². The quantitative estimate of drug-likeness (QED) is 0.314. The van der Waals surface area contributed by atoms with Gasteiger partial charge in [-0.1, -0.05) is 26.7 Å². The number of esters is 1. The van der Waals surface area contributed by atoms with Crippen LogP contribution in [0.4, 0.5) is 0 Å². The lowest BCUT2D eigenvalue weighted by Gasteiger charge is -2.26. The number of carbonyl (C=O) groups excluding carboxylic acids is 2. The van der Waals surface area contributed by atoms with E-state index >= 15 is 0 Å². The fourth-order valence-electron chi connectivity index (χ4n) is 1.36. The predicted octanol–water partition coefficient (Wildman–Crippen LogP) is 0.283. The Labute approximate surface area is 108 Å². The molecule has 0 heterocycles. The summed E-state index contributed by atoms with van der Waals surface area (Å²) in [4.78, 5) is 23.0. The molecule has 1 unspecified atom stereocenters. The van der Waals surface area contributed by atoms with Gasteiger partial charge in [0.2, 0.25) is 11.6 Å². The number of nitrogens with one attached hydrogen (secondary N) is 1. The Hall–Kier alpha value is -1.14. The van der Waals surface area contributed by atoms with E-state index in [0.29, 0.717) is 6.42 Å². The first-order chi connectivity index (χ1) is 8.50. The van der Waals surface area contributed by atoms with Gasteiger partial charge in [-0.05, 0) is 12.8 Å². The van der Waals surface area contributed by atoms with E-state index in [2.05, 4.69) is 5.32 Å². The molecule has 0 aromatic carbocycles. The zero-order valence-electron chi connectivity index (χ0n) is 11.2. The molecule has 106 valence electrons. The van der Waals surface area contributed by atoms with Crippen LogP contribution in [0.3, 0.4) is 0 Å². The van der Waals surface area contributed by atoms with Gasteiger partial charge in [-0.2, -0.15) is 0 Å². The fourth-order valence-corrected chi connectivity index (χ4v) is 1.36. The molecule has 4 N–H and O–H groups in total. The van der Waals surface area contributed by atoms with Crippen molar-refractivity contribution in [2.75, 3.05) is 13.2 Å². The Morgan fingerprint density at radius 3 is 2.39 bits per heavy atom. The minimum atomic E-state index is -1.96. The lowest BCUT2D eigenvalue weighted by Crippen LogP contribution is -2.56. The van der Waals surface area contributed by atoms with E-state index < -0.39 is 17.6 Å². The van der Waals surface area contributed by atoms with E-state index in [0.717, 1.165) is 19.3 Å². The maximum atomic E-state index is 11.8. The van der Waals surface area contributed by atoms with E-state index in [1.165, 1.54) is 0 Å². The highest BCUT2D eigenvalue weighted by molar-refractivity contribution is 5.87. The van der Waals surface area contributed by atoms with Crippen molar-refractivity contribution in [3.05, 3.63) is 0 Å². The first-order valence-corrected chi connectivity index (χ1v) is 6.40. The molecule has 6 heteroatoms. The number of ether oxygens (including phenoxy) is 1. The van der Waals surface area contributed by atoms with Crippen molar-refractivity contribution in [1.29, 1.82) is 0 Å². The molecule has 0 spiro atoms. The third-order valence-corrected chi connectivity index (χ3v) is 2.49. The van der Waals surface area contributed by atoms with Crippen LogP contribution in [0.25, 0.3) is 0 Å². The highest BCUT2D eigenvalue weighted by atomic mass is 16.6. The fraction of sp³-hybridized carbons (Fsp3) is 0.833. The van der Waals surface area contributed by atoms with Crippen molar-refractivity contribution in [2.45, 2.75) is 51.7 Å². The molecule has 18 heavy (non-hydrogen) atoms. The third kappa shape index (κ3) is 5.97. The zero-order chi connectivity index (χ0) is 14.0. The second-order valence-corrected chi connectivity index (χ2v) is 4.21. The Bertz CT molecular complexity index is 271. The minimum absolute atomic E-state index is 0.125. The monoisotopic (exact) mass is 260 g/mol. The Balaban J connectivity index is 4.52. The smallest absolute Gasteiger partial charge is 0.359 e. The number of hydrogen-bond donors (Lipinski definition) is 3. The average Bonchev–Trinajstić information content (AvgIpc) is 2.36. The van der Waals surface area contributed by atoms with E-state index in [9.17, 15) is 14.7 Å². The standard InChI is InChI=1S/C12H24N2O4/c1-3-5-7-12(17,14-10(15)9-13)11(16)18-8-6-4-2/h17H,3-9,13H2,1-2H3,(H,14,15). The van der Waals surface area contributed by atoms with Crippen LogP contribution < -0.4 is 11.1 Å². The van der Waals surface area contributed by atoms with Gasteiger partial charge in [-0.25, -0.2) is 4.79 Å². The summed E-state index contributed by atoms with van der Waals surface area (Å²) in [7, 11) is 0. The van der Waals surface area contributed by atoms with Gasteiger partial charge in [0.15, 0.2) is 0 Å². The summed E-state index contributed by atoms with van der Waals surface area (Å²) in [6.07, 6.45) is 3.13. The molecule has 0 aromatic rings. The van der Waals surface area contributed by atoms with Gasteiger partial charge in [0.25, 0.3) is 0 Å². The zero-order valence-corrected chi connectivity index (χ0v) is 11.2. The summed E-state index contributed by atoms with van der Waals surface area (Å²) in [6, 6.07) is 0. The molecule has 0 saturated carbocycles. The Morgan fingerprint density at radius 2 is 1.89 bits per heavy atom. The highest BCUT2D eigenvalue weighted by Gasteiger charge is 2.38. The topological polar surface area (TPSA) is 102 Å². The first kappa shape index (κ1) is 16.9. The molecule has 0 saturated heterocycles. The van der Waals surface area contributed by atoms with Gasteiger partial charge in [-0.15, -0.1) is 0 Å². The molecule has 1 atom stereocenters. The van der Waals surface area contributed by atoms with Crippen molar-refractivity contribution in [3.8, 4) is 0 Å². The number of carbonyl (C=O) groups is 2. The van der Waals surface area contributed by atoms with E-state index in [1.807, 2.05) is 13.8 Å². The molecule has 0 radical (unpaired) electrons. The highest BCUT2D eigenvalue weighted by Crippen LogP contribution is 2.13. The summed E-state index contributed by atoms with van der Waals surface area (Å²) in [6.45, 7) is 3.85. The molecule has 1 amide bonds. The lowest BCUT2D eigenvalue weighted by molar-refractivity contribution is -0.173. The van der Waals surface area contributed by atoms with Crippen LogP contribution in [0.1, 0.15) is 46.0 Å². The number of rotatable bonds is 9. The van der Waals surface area contributed by atoms with Crippen molar-refractivity contribution in [2.24, 2.45) is 5.73 Å². The molecule has 0 aliphatic carbocycles. The van der Waals surface area contributed by atoms with Gasteiger partial charge in [0, 0.05) is 6.42 Å². The van der Waals surface area contributed by atoms with Gasteiger partial charge < -0.3 is 20.9 Å². The molecule has 0 rings (SSSR count). The summed E-state index contributed by atoms with van der Waals surface area (Å²) in [5.74, 6) is -1.40. The number of unbranched alkanes of at least 4 members (excludes halogenated alkanes) is 2. The number of amides is 1. The molecule has 0 bridgehead atoms. The van der Waals surface area contributed by atoms with Gasteiger partial charge in [-0.3, -0.25) is 4.79 Å². The largest absolute Gasteiger partial charge is 0.462 e. The van der Waals surface area contributed by atoms with Crippen LogP contribution in [-0.2, 0) is 14.3 Å². The summed E-state index contributed by atoms with van der Waals surface area (Å²) in [5.41, 5.74) is 3.20. The summed E-state index contributed by atoms with van der Waals surface area (Å²) < 4.78 is 4.95. The summed E-state index contributed by atoms with van der Waals surface area (Å²) in [5, 5.41) is 12.4. The predicted molar refractivity (Wildman–Crippen MR) is 67.5 cm³/mol. The number of hydrogen-bond acceptors (Lipinski definition) is 5. The first-order valence-electron chi connectivity index (χ1n) is 6.40. The minimum Gasteiger partial charge on any atom is -0.462 e. The Morgan fingerprint density at radius 1 is 1.28 bits per heavy atom. The van der Waals surface area contributed by atoms with Crippen LogP contribution >= 0.6 is 0 Å². The van der Waals surface area contributed by atoms with E-state index in [4.69, 9.17) is 10.5 Å². The van der Waals surface area contributed by atoms with Gasteiger partial charge >= 0.3 is 5.97 Å². The SMILES string of the molecule is CCCCOC(=O)C(O)(CCCC)NC(=O)CN. The van der Waals surface area contributed by atoms with E-state index in [1.54, 1.807) is 0 Å². The van der Waals surface area contributed by atoms with Crippen LogP contribution in [-0.4, -0.2) is 35.9 Å². The molecule has 0 aliphatic heterocycles. The average molecular weight is 260 g/mol. The normalized spacial score (nSPS) is 13.8. The molecular weight excluding hydrogens is 236 g/mol. The third-order valence-electron chi connectivity index (χ3n) is 2.49. The second kappa shape index (κ2) is 8.88. The molecule has 6 nitrogen and oxygen atoms in total. The molecule has 0 fully saturated rings. The maximum absolute atomic E-state index is 11.8. The van der Waals surface area contributed by atoms with Gasteiger partial charge in [0.05, 0.1) is 13.2 Å². The van der Waals surface area contributed by atoms with Crippen LogP contribution in [0.5, 0.6) is 0 Å². The summed E-state index contributed by atoms with van der Waals surface area (Å²) >= 11 is 0. The van der Waals surface area contributed by atoms with Crippen molar-refractivity contribution in [3.63, 3.8) is 0 Å².